The maximum absolute atomic E-state index is 5.64. The van der Waals surface area contributed by atoms with Crippen molar-refractivity contribution in [2.75, 3.05) is 19.3 Å². The van der Waals surface area contributed by atoms with Gasteiger partial charge in [0.15, 0.2) is 0 Å². The number of anilines is 1. The molecule has 0 aliphatic heterocycles. The molecule has 0 atom stereocenters. The van der Waals surface area contributed by atoms with E-state index in [2.05, 4.69) is 22.1 Å². The summed E-state index contributed by atoms with van der Waals surface area (Å²) in [7, 11) is 1.85. The molecule has 0 fully saturated rings. The second kappa shape index (κ2) is 4.48. The van der Waals surface area contributed by atoms with Crippen molar-refractivity contribution in [3.8, 4) is 11.8 Å². The molecule has 0 bridgehead atoms. The van der Waals surface area contributed by atoms with Crippen LogP contribution in [0.2, 0.25) is 0 Å². The number of nitrogens with one attached hydrogen (secondary N) is 1. The molecule has 0 unspecified atom stereocenters. The molecule has 1 heterocycles. The summed E-state index contributed by atoms with van der Waals surface area (Å²) in [5.41, 5.74) is 7.51. The number of aryl methyl sites for hydroxylation is 1. The highest BCUT2D eigenvalue weighted by atomic mass is 14.8. The average Bonchev–Trinajstić information content (AvgIpc) is 2.11. The molecule has 0 aliphatic carbocycles. The Morgan fingerprint density at radius 2 is 2.38 bits per heavy atom. The van der Waals surface area contributed by atoms with E-state index in [0.29, 0.717) is 12.4 Å². The Kier molecular flexibility index (Phi) is 3.30. The van der Waals surface area contributed by atoms with Gasteiger partial charge in [0.1, 0.15) is 5.82 Å². The third-order valence-electron chi connectivity index (χ3n) is 1.54. The Balaban J connectivity index is 2.89. The van der Waals surface area contributed by atoms with E-state index in [1.54, 1.807) is 6.20 Å². The first-order valence-electron chi connectivity index (χ1n) is 4.09. The molecule has 0 aromatic carbocycles. The molecule has 13 heavy (non-hydrogen) atoms. The van der Waals surface area contributed by atoms with Gasteiger partial charge in [-0.25, -0.2) is 4.98 Å². The van der Waals surface area contributed by atoms with E-state index in [9.17, 15) is 0 Å². The van der Waals surface area contributed by atoms with Gasteiger partial charge in [0.2, 0.25) is 0 Å². The molecule has 68 valence electrons. The molecular weight excluding hydrogens is 162 g/mol. The standard InChI is InChI=1S/C10H13N3/c1-8-6-9(4-3-5-12-2)10(11)13-7-8/h6-7,12H,5H2,1-2H3,(H2,11,13). The number of hydrogen-bond donors (Lipinski definition) is 2. The Bertz CT molecular complexity index is 347. The number of nitrogens with two attached hydrogens (primary N) is 1. The van der Waals surface area contributed by atoms with Gasteiger partial charge in [0.05, 0.1) is 12.1 Å². The number of pyridine rings is 1. The van der Waals surface area contributed by atoms with Crippen LogP contribution >= 0.6 is 0 Å². The van der Waals surface area contributed by atoms with Gasteiger partial charge in [-0.05, 0) is 25.6 Å². The van der Waals surface area contributed by atoms with Crippen molar-refractivity contribution < 1.29 is 0 Å². The van der Waals surface area contributed by atoms with Crippen LogP contribution in [0, 0.1) is 18.8 Å². The van der Waals surface area contributed by atoms with Gasteiger partial charge in [-0.2, -0.15) is 0 Å². The van der Waals surface area contributed by atoms with Crippen molar-refractivity contribution in [2.24, 2.45) is 0 Å². The zero-order chi connectivity index (χ0) is 9.68. The van der Waals surface area contributed by atoms with Gasteiger partial charge < -0.3 is 11.1 Å². The van der Waals surface area contributed by atoms with Crippen LogP contribution in [0.25, 0.3) is 0 Å². The fraction of sp³-hybridized carbons (Fsp3) is 0.300. The lowest BCUT2D eigenvalue weighted by Crippen LogP contribution is -2.04. The zero-order valence-electron chi connectivity index (χ0n) is 7.89. The predicted molar refractivity (Wildman–Crippen MR) is 54.2 cm³/mol. The van der Waals surface area contributed by atoms with E-state index in [-0.39, 0.29) is 0 Å². The average molecular weight is 175 g/mol. The molecule has 0 spiro atoms. The smallest absolute Gasteiger partial charge is 0.139 e. The lowest BCUT2D eigenvalue weighted by Gasteiger charge is -1.97. The first-order valence-corrected chi connectivity index (χ1v) is 4.09. The monoisotopic (exact) mass is 175 g/mol. The summed E-state index contributed by atoms with van der Waals surface area (Å²) in [5.74, 6) is 6.39. The van der Waals surface area contributed by atoms with Crippen molar-refractivity contribution in [2.45, 2.75) is 6.92 Å². The number of rotatable bonds is 1. The molecule has 1 rings (SSSR count). The van der Waals surface area contributed by atoms with Crippen molar-refractivity contribution in [1.29, 1.82) is 0 Å². The normalized spacial score (nSPS) is 9.08. The van der Waals surface area contributed by atoms with Crippen molar-refractivity contribution in [3.05, 3.63) is 23.4 Å². The van der Waals surface area contributed by atoms with Crippen LogP contribution in [0.15, 0.2) is 12.3 Å². The predicted octanol–water partition coefficient (Wildman–Crippen LogP) is 0.543. The highest BCUT2D eigenvalue weighted by Crippen LogP contribution is 2.07. The largest absolute Gasteiger partial charge is 0.383 e. The molecule has 0 saturated heterocycles. The highest BCUT2D eigenvalue weighted by molar-refractivity contribution is 5.51. The minimum Gasteiger partial charge on any atom is -0.383 e. The number of nitrogens with zero attached hydrogens (tertiary/aromatic N) is 1. The Morgan fingerprint density at radius 1 is 1.62 bits per heavy atom. The highest BCUT2D eigenvalue weighted by Gasteiger charge is 1.95. The second-order valence-electron chi connectivity index (χ2n) is 2.78. The first-order chi connectivity index (χ1) is 6.24. The lowest BCUT2D eigenvalue weighted by molar-refractivity contribution is 0.938. The quantitative estimate of drug-likeness (QED) is 0.613. The minimum absolute atomic E-state index is 0.495. The van der Waals surface area contributed by atoms with E-state index >= 15 is 0 Å². The van der Waals surface area contributed by atoms with Crippen LogP contribution in [-0.2, 0) is 0 Å². The van der Waals surface area contributed by atoms with Gasteiger partial charge >= 0.3 is 0 Å². The SMILES string of the molecule is CNCC#Cc1cc(C)cnc1N. The maximum atomic E-state index is 5.64. The van der Waals surface area contributed by atoms with Crippen LogP contribution in [0.3, 0.4) is 0 Å². The van der Waals surface area contributed by atoms with Crippen molar-refractivity contribution >= 4 is 5.82 Å². The van der Waals surface area contributed by atoms with Crippen LogP contribution in [0.1, 0.15) is 11.1 Å². The summed E-state index contributed by atoms with van der Waals surface area (Å²) in [4.78, 5) is 4.01. The summed E-state index contributed by atoms with van der Waals surface area (Å²) in [6.45, 7) is 2.63. The summed E-state index contributed by atoms with van der Waals surface area (Å²) in [5, 5.41) is 2.94. The molecule has 0 aliphatic rings. The summed E-state index contributed by atoms with van der Waals surface area (Å²) in [6.07, 6.45) is 1.73. The molecule has 1 aromatic rings. The Morgan fingerprint density at radius 3 is 3.08 bits per heavy atom. The van der Waals surface area contributed by atoms with Crippen LogP contribution in [-0.4, -0.2) is 18.6 Å². The van der Waals surface area contributed by atoms with Crippen molar-refractivity contribution in [1.82, 2.24) is 10.3 Å². The van der Waals surface area contributed by atoms with E-state index in [4.69, 9.17) is 5.73 Å². The molecule has 1 aromatic heterocycles. The fourth-order valence-corrected chi connectivity index (χ4v) is 0.908. The molecule has 0 amide bonds. The third kappa shape index (κ3) is 2.77. The number of nitrogen functional groups attached to an aromatic ring is 1. The second-order valence-corrected chi connectivity index (χ2v) is 2.78. The zero-order valence-corrected chi connectivity index (χ0v) is 7.89. The lowest BCUT2D eigenvalue weighted by atomic mass is 10.2. The molecule has 3 heteroatoms. The summed E-state index contributed by atoms with van der Waals surface area (Å²) in [6, 6.07) is 1.94. The van der Waals surface area contributed by atoms with Crippen molar-refractivity contribution in [3.63, 3.8) is 0 Å². The Labute approximate surface area is 78.4 Å². The van der Waals surface area contributed by atoms with E-state index in [0.717, 1.165) is 11.1 Å². The van der Waals surface area contributed by atoms with Crippen LogP contribution < -0.4 is 11.1 Å². The number of aromatic nitrogens is 1. The van der Waals surface area contributed by atoms with Gasteiger partial charge in [0.25, 0.3) is 0 Å². The molecular formula is C10H13N3. The van der Waals surface area contributed by atoms with E-state index in [1.807, 2.05) is 20.0 Å². The van der Waals surface area contributed by atoms with Gasteiger partial charge in [-0.1, -0.05) is 11.8 Å². The minimum atomic E-state index is 0.495. The van der Waals surface area contributed by atoms with E-state index < -0.39 is 0 Å². The van der Waals surface area contributed by atoms with Crippen LogP contribution in [0.4, 0.5) is 5.82 Å². The van der Waals surface area contributed by atoms with Gasteiger partial charge in [-0.3, -0.25) is 0 Å². The summed E-state index contributed by atoms with van der Waals surface area (Å²) >= 11 is 0. The molecule has 0 saturated carbocycles. The Hall–Kier alpha value is -1.53. The molecule has 3 nitrogen and oxygen atoms in total. The fourth-order valence-electron chi connectivity index (χ4n) is 0.908. The third-order valence-corrected chi connectivity index (χ3v) is 1.54. The van der Waals surface area contributed by atoms with Gasteiger partial charge in [-0.15, -0.1) is 0 Å². The molecule has 0 radical (unpaired) electrons. The molecule has 3 N–H and O–H groups in total. The number of hydrogen-bond acceptors (Lipinski definition) is 3. The van der Waals surface area contributed by atoms with Crippen LogP contribution in [0.5, 0.6) is 0 Å². The summed E-state index contributed by atoms with van der Waals surface area (Å²) < 4.78 is 0. The van der Waals surface area contributed by atoms with Gasteiger partial charge in [0, 0.05) is 6.20 Å². The first kappa shape index (κ1) is 9.56. The van der Waals surface area contributed by atoms with E-state index in [1.165, 1.54) is 0 Å². The topological polar surface area (TPSA) is 50.9 Å². The maximum Gasteiger partial charge on any atom is 0.139 e.